The van der Waals surface area contributed by atoms with E-state index >= 15 is 0 Å². The zero-order chi connectivity index (χ0) is 8.15. The summed E-state index contributed by atoms with van der Waals surface area (Å²) in [5.74, 6) is -0.893. The quantitative estimate of drug-likeness (QED) is 0.444. The van der Waals surface area contributed by atoms with E-state index in [1.807, 2.05) is 5.32 Å². The van der Waals surface area contributed by atoms with Gasteiger partial charge < -0.3 is 0 Å². The Labute approximate surface area is 59.4 Å². The molecule has 0 saturated heterocycles. The Morgan fingerprint density at radius 3 is 2.30 bits per heavy atom. The van der Waals surface area contributed by atoms with E-state index < -0.39 is 11.8 Å². The summed E-state index contributed by atoms with van der Waals surface area (Å²) in [4.78, 5) is 20.9. The molecule has 1 N–H and O–H groups in total. The molecule has 0 heterocycles. The van der Waals surface area contributed by atoms with Crippen LogP contribution < -0.4 is 5.32 Å². The Bertz CT molecular complexity index is 194. The van der Waals surface area contributed by atoms with Gasteiger partial charge in [0.2, 0.25) is 5.91 Å². The van der Waals surface area contributed by atoms with Gasteiger partial charge in [-0.25, -0.2) is 0 Å². The third-order valence-electron chi connectivity index (χ3n) is 0.828. The molecule has 0 aliphatic heterocycles. The molecule has 0 aliphatic carbocycles. The van der Waals surface area contributed by atoms with Crippen LogP contribution >= 0.6 is 0 Å². The molecule has 0 bridgehead atoms. The predicted octanol–water partition coefficient (Wildman–Crippen LogP) is 0.391. The molecule has 10 heavy (non-hydrogen) atoms. The van der Waals surface area contributed by atoms with E-state index in [0.717, 1.165) is 0 Å². The zero-order valence-corrected chi connectivity index (χ0v) is 5.81. The van der Waals surface area contributed by atoms with E-state index in [9.17, 15) is 9.59 Å². The van der Waals surface area contributed by atoms with Gasteiger partial charge in [-0.15, -0.1) is 0 Å². The van der Waals surface area contributed by atoms with Crippen molar-refractivity contribution in [3.8, 4) is 0 Å². The molecular formula is C7H9NO2. The van der Waals surface area contributed by atoms with E-state index in [4.69, 9.17) is 0 Å². The van der Waals surface area contributed by atoms with Crippen LogP contribution in [0.15, 0.2) is 24.8 Å². The van der Waals surface area contributed by atoms with Gasteiger partial charge in [-0.05, 0) is 0 Å². The van der Waals surface area contributed by atoms with E-state index in [-0.39, 0.29) is 5.57 Å². The highest BCUT2D eigenvalue weighted by molar-refractivity contribution is 6.04. The minimum atomic E-state index is -0.498. The summed E-state index contributed by atoms with van der Waals surface area (Å²) >= 11 is 0. The van der Waals surface area contributed by atoms with Gasteiger partial charge in [0.15, 0.2) is 0 Å². The number of hydrogen-bond acceptors (Lipinski definition) is 2. The van der Waals surface area contributed by atoms with Crippen LogP contribution in [-0.2, 0) is 9.59 Å². The van der Waals surface area contributed by atoms with Crippen molar-refractivity contribution in [1.29, 1.82) is 0 Å². The fourth-order valence-electron chi connectivity index (χ4n) is 0.333. The first-order valence-electron chi connectivity index (χ1n) is 2.71. The number of rotatable bonds is 2. The van der Waals surface area contributed by atoms with Crippen molar-refractivity contribution in [2.75, 3.05) is 0 Å². The molecular weight excluding hydrogens is 130 g/mol. The van der Waals surface area contributed by atoms with Gasteiger partial charge in [0, 0.05) is 12.5 Å². The predicted molar refractivity (Wildman–Crippen MR) is 38.2 cm³/mol. The van der Waals surface area contributed by atoms with Crippen molar-refractivity contribution in [2.45, 2.75) is 6.92 Å². The summed E-state index contributed by atoms with van der Waals surface area (Å²) in [6, 6.07) is 0. The molecule has 2 amide bonds. The number of carbonyl (C=O) groups excluding carboxylic acids is 2. The van der Waals surface area contributed by atoms with Crippen LogP contribution in [0.2, 0.25) is 0 Å². The van der Waals surface area contributed by atoms with Crippen molar-refractivity contribution >= 4 is 11.8 Å². The van der Waals surface area contributed by atoms with Crippen LogP contribution in [0.3, 0.4) is 0 Å². The van der Waals surface area contributed by atoms with Gasteiger partial charge in [0.1, 0.15) is 0 Å². The second kappa shape index (κ2) is 3.61. The maximum absolute atomic E-state index is 10.7. The number of amides is 2. The molecule has 0 atom stereocenters. The molecule has 3 nitrogen and oxygen atoms in total. The topological polar surface area (TPSA) is 46.2 Å². The third-order valence-corrected chi connectivity index (χ3v) is 0.828. The number of imide groups is 1. The van der Waals surface area contributed by atoms with Crippen LogP contribution in [0, 0.1) is 0 Å². The molecule has 0 aliphatic rings. The van der Waals surface area contributed by atoms with Crippen LogP contribution in [0.4, 0.5) is 0 Å². The Morgan fingerprint density at radius 2 is 2.00 bits per heavy atom. The lowest BCUT2D eigenvalue weighted by Gasteiger charge is -1.97. The lowest BCUT2D eigenvalue weighted by molar-refractivity contribution is -0.126. The zero-order valence-electron chi connectivity index (χ0n) is 5.81. The monoisotopic (exact) mass is 139 g/mol. The standard InChI is InChI=1S/C7H9NO2/c1-4-5(2)7(10)8-6(3)9/h4H,1-2H2,3H3,(H,8,9,10). The van der Waals surface area contributed by atoms with E-state index in [1.165, 1.54) is 13.0 Å². The van der Waals surface area contributed by atoms with Gasteiger partial charge in [0.05, 0.1) is 0 Å². The van der Waals surface area contributed by atoms with Crippen molar-refractivity contribution < 1.29 is 9.59 Å². The summed E-state index contributed by atoms with van der Waals surface area (Å²) in [6.45, 7) is 7.92. The molecule has 3 heteroatoms. The fraction of sp³-hybridized carbons (Fsp3) is 0.143. The van der Waals surface area contributed by atoms with Crippen LogP contribution in [0.25, 0.3) is 0 Å². The summed E-state index contributed by atoms with van der Waals surface area (Å²) in [7, 11) is 0. The highest BCUT2D eigenvalue weighted by atomic mass is 16.2. The van der Waals surface area contributed by atoms with Crippen LogP contribution in [0.5, 0.6) is 0 Å². The van der Waals surface area contributed by atoms with Crippen molar-refractivity contribution in [3.05, 3.63) is 24.8 Å². The number of hydrogen-bond donors (Lipinski definition) is 1. The molecule has 0 aromatic heterocycles. The summed E-state index contributed by atoms with van der Waals surface area (Å²) in [6.07, 6.45) is 1.29. The first kappa shape index (κ1) is 8.62. The molecule has 0 saturated carbocycles. The fourth-order valence-corrected chi connectivity index (χ4v) is 0.333. The summed E-state index contributed by atoms with van der Waals surface area (Å²) in [5.41, 5.74) is 0.190. The second-order valence-corrected chi connectivity index (χ2v) is 1.74. The minimum absolute atomic E-state index is 0.190. The molecule has 0 unspecified atom stereocenters. The summed E-state index contributed by atoms with van der Waals surface area (Å²) < 4.78 is 0. The third kappa shape index (κ3) is 2.81. The highest BCUT2D eigenvalue weighted by Crippen LogP contribution is 1.88. The second-order valence-electron chi connectivity index (χ2n) is 1.74. The normalized spacial score (nSPS) is 8.10. The average molecular weight is 139 g/mol. The smallest absolute Gasteiger partial charge is 0.257 e. The van der Waals surface area contributed by atoms with Gasteiger partial charge in [-0.2, -0.15) is 0 Å². The molecule has 0 aromatic rings. The lowest BCUT2D eigenvalue weighted by atomic mass is 10.3. The lowest BCUT2D eigenvalue weighted by Crippen LogP contribution is -2.28. The molecule has 0 fully saturated rings. The molecule has 0 radical (unpaired) electrons. The average Bonchev–Trinajstić information content (AvgIpc) is 1.85. The first-order chi connectivity index (χ1) is 4.57. The van der Waals surface area contributed by atoms with E-state index in [2.05, 4.69) is 13.2 Å². The largest absolute Gasteiger partial charge is 0.293 e. The van der Waals surface area contributed by atoms with Crippen LogP contribution in [-0.4, -0.2) is 11.8 Å². The Kier molecular flexibility index (Phi) is 3.11. The van der Waals surface area contributed by atoms with Gasteiger partial charge in [-0.3, -0.25) is 14.9 Å². The Hall–Kier alpha value is -1.38. The van der Waals surface area contributed by atoms with Crippen molar-refractivity contribution in [2.24, 2.45) is 0 Å². The van der Waals surface area contributed by atoms with Gasteiger partial charge in [0.25, 0.3) is 5.91 Å². The Balaban J connectivity index is 3.98. The molecule has 54 valence electrons. The van der Waals surface area contributed by atoms with Gasteiger partial charge >= 0.3 is 0 Å². The minimum Gasteiger partial charge on any atom is -0.293 e. The van der Waals surface area contributed by atoms with Crippen molar-refractivity contribution in [3.63, 3.8) is 0 Å². The Morgan fingerprint density at radius 1 is 1.50 bits per heavy atom. The number of carbonyl (C=O) groups is 2. The highest BCUT2D eigenvalue weighted by Gasteiger charge is 2.03. The maximum atomic E-state index is 10.7. The van der Waals surface area contributed by atoms with Crippen molar-refractivity contribution in [1.82, 2.24) is 5.32 Å². The first-order valence-corrected chi connectivity index (χ1v) is 2.71. The van der Waals surface area contributed by atoms with Gasteiger partial charge in [-0.1, -0.05) is 19.2 Å². The SMILES string of the molecule is C=CC(=C)C(=O)NC(C)=O. The molecule has 0 rings (SSSR count). The maximum Gasteiger partial charge on any atom is 0.257 e. The number of nitrogens with one attached hydrogen (secondary N) is 1. The van der Waals surface area contributed by atoms with E-state index in [0.29, 0.717) is 0 Å². The molecule has 0 spiro atoms. The van der Waals surface area contributed by atoms with Crippen LogP contribution in [0.1, 0.15) is 6.92 Å². The summed E-state index contributed by atoms with van der Waals surface area (Å²) in [5, 5.41) is 2.04. The van der Waals surface area contributed by atoms with E-state index in [1.54, 1.807) is 0 Å². The molecule has 0 aromatic carbocycles.